The predicted molar refractivity (Wildman–Crippen MR) is 85.6 cm³/mol. The monoisotopic (exact) mass is 313 g/mol. The summed E-state index contributed by atoms with van der Waals surface area (Å²) in [5, 5.41) is 9.62. The number of hydrogen-bond donors (Lipinski definition) is 1. The van der Waals surface area contributed by atoms with Crippen LogP contribution in [0.2, 0.25) is 0 Å². The molecule has 0 heterocycles. The van der Waals surface area contributed by atoms with Gasteiger partial charge in [-0.1, -0.05) is 45.7 Å². The van der Waals surface area contributed by atoms with Crippen molar-refractivity contribution in [2.24, 2.45) is 5.92 Å². The van der Waals surface area contributed by atoms with Gasteiger partial charge in [-0.2, -0.15) is 4.31 Å². The van der Waals surface area contributed by atoms with Crippen molar-refractivity contribution in [3.05, 3.63) is 29.8 Å². The summed E-state index contributed by atoms with van der Waals surface area (Å²) in [7, 11) is -3.50. The zero-order valence-electron chi connectivity index (χ0n) is 13.4. The van der Waals surface area contributed by atoms with Crippen LogP contribution in [0.4, 0.5) is 0 Å². The van der Waals surface area contributed by atoms with E-state index in [1.165, 1.54) is 4.31 Å². The number of rotatable bonds is 8. The Hall–Kier alpha value is -0.910. The lowest BCUT2D eigenvalue weighted by Crippen LogP contribution is -2.35. The van der Waals surface area contributed by atoms with Gasteiger partial charge in [0.2, 0.25) is 10.0 Å². The van der Waals surface area contributed by atoms with E-state index in [1.54, 1.807) is 31.2 Å². The fourth-order valence-electron chi connectivity index (χ4n) is 2.32. The fraction of sp³-hybridized carbons (Fsp3) is 0.625. The molecule has 1 rings (SSSR count). The maximum atomic E-state index is 12.7. The summed E-state index contributed by atoms with van der Waals surface area (Å²) in [5.74, 6) is 0.375. The number of benzene rings is 1. The van der Waals surface area contributed by atoms with E-state index in [4.69, 9.17) is 0 Å². The van der Waals surface area contributed by atoms with E-state index in [9.17, 15) is 13.5 Å². The van der Waals surface area contributed by atoms with Crippen molar-refractivity contribution in [1.82, 2.24) is 4.31 Å². The zero-order valence-corrected chi connectivity index (χ0v) is 14.2. The average molecular weight is 313 g/mol. The van der Waals surface area contributed by atoms with Gasteiger partial charge in [-0.05, 0) is 30.5 Å². The van der Waals surface area contributed by atoms with Crippen molar-refractivity contribution in [2.75, 3.05) is 13.1 Å². The van der Waals surface area contributed by atoms with E-state index in [-0.39, 0.29) is 4.90 Å². The van der Waals surface area contributed by atoms with Gasteiger partial charge in [0.1, 0.15) is 0 Å². The molecule has 0 aliphatic carbocycles. The molecule has 0 aromatic heterocycles. The highest BCUT2D eigenvalue weighted by atomic mass is 32.2. The SMILES string of the molecule is CCC(CC)CN(CC)S(=O)(=O)c1cccc(C(C)O)c1. The summed E-state index contributed by atoms with van der Waals surface area (Å²) in [5.41, 5.74) is 0.620. The Balaban J connectivity index is 3.09. The number of hydrogen-bond acceptors (Lipinski definition) is 3. The minimum atomic E-state index is -3.50. The Kier molecular flexibility index (Phi) is 6.84. The predicted octanol–water partition coefficient (Wildman–Crippen LogP) is 3.19. The molecule has 0 amide bonds. The molecule has 0 aliphatic heterocycles. The largest absolute Gasteiger partial charge is 0.389 e. The van der Waals surface area contributed by atoms with Crippen molar-refractivity contribution in [1.29, 1.82) is 0 Å². The molecule has 1 atom stereocenters. The molecule has 1 unspecified atom stereocenters. The molecule has 1 aromatic rings. The van der Waals surface area contributed by atoms with Crippen LogP contribution in [0, 0.1) is 5.92 Å². The molecule has 0 radical (unpaired) electrons. The Morgan fingerprint density at radius 2 is 1.81 bits per heavy atom. The molecular weight excluding hydrogens is 286 g/mol. The Morgan fingerprint density at radius 1 is 1.19 bits per heavy atom. The van der Waals surface area contributed by atoms with Gasteiger partial charge in [-0.3, -0.25) is 0 Å². The van der Waals surface area contributed by atoms with Crippen LogP contribution in [-0.2, 0) is 10.0 Å². The van der Waals surface area contributed by atoms with E-state index in [0.717, 1.165) is 12.8 Å². The number of aliphatic hydroxyl groups excluding tert-OH is 1. The minimum Gasteiger partial charge on any atom is -0.389 e. The maximum Gasteiger partial charge on any atom is 0.243 e. The van der Waals surface area contributed by atoms with E-state index >= 15 is 0 Å². The highest BCUT2D eigenvalue weighted by Crippen LogP contribution is 2.22. The van der Waals surface area contributed by atoms with Crippen LogP contribution in [0.3, 0.4) is 0 Å². The second-order valence-electron chi connectivity index (χ2n) is 5.39. The van der Waals surface area contributed by atoms with Crippen LogP contribution in [-0.4, -0.2) is 30.9 Å². The molecule has 21 heavy (non-hydrogen) atoms. The molecule has 120 valence electrons. The van der Waals surface area contributed by atoms with Crippen molar-refractivity contribution in [3.8, 4) is 0 Å². The second-order valence-corrected chi connectivity index (χ2v) is 7.32. The molecular formula is C16H27NO3S. The normalized spacial score (nSPS) is 13.9. The lowest BCUT2D eigenvalue weighted by atomic mass is 10.0. The Bertz CT molecular complexity index is 536. The van der Waals surface area contributed by atoms with Crippen LogP contribution in [0.1, 0.15) is 52.2 Å². The van der Waals surface area contributed by atoms with Gasteiger partial charge in [0.15, 0.2) is 0 Å². The summed E-state index contributed by atoms with van der Waals surface area (Å²) in [6.07, 6.45) is 1.26. The highest BCUT2D eigenvalue weighted by molar-refractivity contribution is 7.89. The number of sulfonamides is 1. The number of aliphatic hydroxyl groups is 1. The lowest BCUT2D eigenvalue weighted by molar-refractivity contribution is 0.199. The molecule has 0 spiro atoms. The first kappa shape index (κ1) is 18.1. The lowest BCUT2D eigenvalue weighted by Gasteiger charge is -2.25. The summed E-state index contributed by atoms with van der Waals surface area (Å²) in [6.45, 7) is 8.67. The first-order valence-electron chi connectivity index (χ1n) is 7.64. The van der Waals surface area contributed by atoms with Gasteiger partial charge in [0.05, 0.1) is 11.0 Å². The van der Waals surface area contributed by atoms with Crippen molar-refractivity contribution in [2.45, 2.75) is 51.5 Å². The van der Waals surface area contributed by atoms with E-state index in [0.29, 0.717) is 24.6 Å². The summed E-state index contributed by atoms with van der Waals surface area (Å²) < 4.78 is 27.0. The highest BCUT2D eigenvalue weighted by Gasteiger charge is 2.25. The number of nitrogens with zero attached hydrogens (tertiary/aromatic N) is 1. The van der Waals surface area contributed by atoms with E-state index in [1.807, 2.05) is 6.92 Å². The standard InChI is InChI=1S/C16H27NO3S/c1-5-14(6-2)12-17(7-3)21(19,20)16-10-8-9-15(11-16)13(4)18/h8-11,13-14,18H,5-7,12H2,1-4H3. The smallest absolute Gasteiger partial charge is 0.243 e. The third-order valence-electron chi connectivity index (χ3n) is 3.95. The molecule has 1 N–H and O–H groups in total. The first-order valence-corrected chi connectivity index (χ1v) is 9.08. The van der Waals surface area contributed by atoms with Crippen LogP contribution in [0.15, 0.2) is 29.2 Å². The fourth-order valence-corrected chi connectivity index (χ4v) is 3.90. The van der Waals surface area contributed by atoms with Crippen molar-refractivity contribution in [3.63, 3.8) is 0 Å². The minimum absolute atomic E-state index is 0.258. The summed E-state index contributed by atoms with van der Waals surface area (Å²) in [6, 6.07) is 6.58. The van der Waals surface area contributed by atoms with Crippen LogP contribution in [0.25, 0.3) is 0 Å². The molecule has 5 heteroatoms. The second kappa shape index (κ2) is 7.92. The van der Waals surface area contributed by atoms with Gasteiger partial charge in [0.25, 0.3) is 0 Å². The van der Waals surface area contributed by atoms with Gasteiger partial charge >= 0.3 is 0 Å². The molecule has 4 nitrogen and oxygen atoms in total. The average Bonchev–Trinajstić information content (AvgIpc) is 2.48. The quantitative estimate of drug-likeness (QED) is 0.802. The van der Waals surface area contributed by atoms with Crippen LogP contribution >= 0.6 is 0 Å². The molecule has 0 bridgehead atoms. The Labute approximate surface area is 128 Å². The zero-order chi connectivity index (χ0) is 16.0. The first-order chi connectivity index (χ1) is 9.86. The van der Waals surface area contributed by atoms with E-state index < -0.39 is 16.1 Å². The van der Waals surface area contributed by atoms with Gasteiger partial charge < -0.3 is 5.11 Å². The third kappa shape index (κ3) is 4.53. The van der Waals surface area contributed by atoms with Gasteiger partial charge in [-0.15, -0.1) is 0 Å². The Morgan fingerprint density at radius 3 is 2.29 bits per heavy atom. The molecule has 0 aliphatic rings. The summed E-state index contributed by atoms with van der Waals surface area (Å²) in [4.78, 5) is 0.258. The van der Waals surface area contributed by atoms with Crippen LogP contribution < -0.4 is 0 Å². The van der Waals surface area contributed by atoms with Gasteiger partial charge in [0, 0.05) is 13.1 Å². The molecule has 0 saturated heterocycles. The summed E-state index contributed by atoms with van der Waals surface area (Å²) >= 11 is 0. The van der Waals surface area contributed by atoms with Crippen molar-refractivity contribution >= 4 is 10.0 Å². The topological polar surface area (TPSA) is 57.6 Å². The van der Waals surface area contributed by atoms with Crippen molar-refractivity contribution < 1.29 is 13.5 Å². The molecule has 0 saturated carbocycles. The third-order valence-corrected chi connectivity index (χ3v) is 5.88. The molecule has 1 aromatic carbocycles. The maximum absolute atomic E-state index is 12.7. The van der Waals surface area contributed by atoms with Gasteiger partial charge in [-0.25, -0.2) is 8.42 Å². The van der Waals surface area contributed by atoms with Crippen LogP contribution in [0.5, 0.6) is 0 Å². The van der Waals surface area contributed by atoms with E-state index in [2.05, 4.69) is 13.8 Å². The molecule has 0 fully saturated rings.